The van der Waals surface area contributed by atoms with Crippen LogP contribution in [-0.4, -0.2) is 16.1 Å². The molecule has 1 heterocycles. The Hall–Kier alpha value is -1.69. The second-order valence-electron chi connectivity index (χ2n) is 4.03. The van der Waals surface area contributed by atoms with Gasteiger partial charge in [-0.25, -0.2) is 4.39 Å². The van der Waals surface area contributed by atoms with Gasteiger partial charge in [0.2, 0.25) is 0 Å². The van der Waals surface area contributed by atoms with Crippen LogP contribution in [0.25, 0.3) is 0 Å². The number of carbonyl (C=O) groups excluding carboxylic acids is 1. The van der Waals surface area contributed by atoms with Gasteiger partial charge in [0.25, 0.3) is 0 Å². The van der Waals surface area contributed by atoms with Crippen LogP contribution in [0.3, 0.4) is 0 Å². The maximum Gasteiger partial charge on any atom is 0.166 e. The van der Waals surface area contributed by atoms with Crippen molar-refractivity contribution >= 4 is 22.2 Å². The Balaban J connectivity index is 2.26. The maximum atomic E-state index is 13.6. The molecule has 0 bridgehead atoms. The molecule has 0 N–H and O–H groups in total. The van der Waals surface area contributed by atoms with Crippen molar-refractivity contribution < 1.29 is 13.9 Å². The molecule has 0 saturated heterocycles. The van der Waals surface area contributed by atoms with E-state index < -0.39 is 5.82 Å². The second-order valence-corrected chi connectivity index (χ2v) is 4.83. The first-order valence-electron chi connectivity index (χ1n) is 5.59. The summed E-state index contributed by atoms with van der Waals surface area (Å²) >= 11 is 3.40. The fourth-order valence-corrected chi connectivity index (χ4v) is 2.20. The molecule has 0 amide bonds. The lowest BCUT2D eigenvalue weighted by atomic mass is 10.2. The third-order valence-corrected chi connectivity index (χ3v) is 3.77. The Morgan fingerprint density at radius 1 is 1.53 bits per heavy atom. The van der Waals surface area contributed by atoms with Gasteiger partial charge in [-0.2, -0.15) is 5.10 Å². The molecule has 2 aromatic rings. The van der Waals surface area contributed by atoms with Crippen molar-refractivity contribution in [2.75, 3.05) is 0 Å². The molecular weight excluding hydrogens is 315 g/mol. The summed E-state index contributed by atoms with van der Waals surface area (Å²) in [6.07, 6.45) is 0.571. The van der Waals surface area contributed by atoms with E-state index in [1.165, 1.54) is 18.2 Å². The van der Waals surface area contributed by atoms with Crippen molar-refractivity contribution in [3.63, 3.8) is 0 Å². The van der Waals surface area contributed by atoms with Gasteiger partial charge in [0.1, 0.15) is 6.61 Å². The van der Waals surface area contributed by atoms with Gasteiger partial charge < -0.3 is 4.74 Å². The van der Waals surface area contributed by atoms with Crippen LogP contribution in [0.2, 0.25) is 0 Å². The first kappa shape index (κ1) is 13.7. The summed E-state index contributed by atoms with van der Waals surface area (Å²) in [6, 6.07) is 4.23. The van der Waals surface area contributed by atoms with Gasteiger partial charge >= 0.3 is 0 Å². The quantitative estimate of drug-likeness (QED) is 0.811. The number of nitrogens with zero attached hydrogens (tertiary/aromatic N) is 2. The van der Waals surface area contributed by atoms with Gasteiger partial charge in [-0.15, -0.1) is 0 Å². The predicted octanol–water partition coefficient (Wildman–Crippen LogP) is 3.02. The minimum atomic E-state index is -0.556. The highest BCUT2D eigenvalue weighted by Crippen LogP contribution is 2.25. The van der Waals surface area contributed by atoms with E-state index in [1.54, 1.807) is 11.7 Å². The molecule has 6 heteroatoms. The lowest BCUT2D eigenvalue weighted by Gasteiger charge is -2.09. The molecule has 0 radical (unpaired) electrons. The van der Waals surface area contributed by atoms with Gasteiger partial charge in [0.15, 0.2) is 17.9 Å². The van der Waals surface area contributed by atoms with Gasteiger partial charge in [-0.1, -0.05) is 6.07 Å². The average molecular weight is 327 g/mol. The molecule has 0 saturated carbocycles. The Labute approximate surface area is 118 Å². The molecule has 0 unspecified atom stereocenters. The highest BCUT2D eigenvalue weighted by atomic mass is 79.9. The SMILES string of the molecule is Cc1nn(C)c(COc2c(F)cccc2C=O)c1Br. The number of hydrogen-bond acceptors (Lipinski definition) is 3. The van der Waals surface area contributed by atoms with E-state index in [0.29, 0.717) is 6.29 Å². The van der Waals surface area contributed by atoms with E-state index in [9.17, 15) is 9.18 Å². The average Bonchev–Trinajstić information content (AvgIpc) is 2.62. The number of benzene rings is 1. The van der Waals surface area contributed by atoms with Gasteiger partial charge in [0.05, 0.1) is 21.4 Å². The second kappa shape index (κ2) is 5.52. The summed E-state index contributed by atoms with van der Waals surface area (Å²) in [5.41, 5.74) is 1.79. The lowest BCUT2D eigenvalue weighted by molar-refractivity contribution is 0.111. The smallest absolute Gasteiger partial charge is 0.166 e. The van der Waals surface area contributed by atoms with E-state index in [0.717, 1.165) is 15.9 Å². The number of carbonyl (C=O) groups is 1. The third-order valence-electron chi connectivity index (χ3n) is 2.74. The summed E-state index contributed by atoms with van der Waals surface area (Å²) in [6.45, 7) is 1.98. The van der Waals surface area contributed by atoms with Gasteiger partial charge in [-0.3, -0.25) is 9.48 Å². The summed E-state index contributed by atoms with van der Waals surface area (Å²) in [5, 5.41) is 4.21. The number of para-hydroxylation sites is 1. The van der Waals surface area contributed by atoms with E-state index in [-0.39, 0.29) is 17.9 Å². The fourth-order valence-electron chi connectivity index (χ4n) is 1.75. The highest BCUT2D eigenvalue weighted by molar-refractivity contribution is 9.10. The number of hydrogen-bond donors (Lipinski definition) is 0. The molecule has 0 aliphatic rings. The number of rotatable bonds is 4. The van der Waals surface area contributed by atoms with Crippen molar-refractivity contribution in [2.24, 2.45) is 7.05 Å². The molecule has 0 aliphatic heterocycles. The van der Waals surface area contributed by atoms with Crippen molar-refractivity contribution in [1.82, 2.24) is 9.78 Å². The van der Waals surface area contributed by atoms with Crippen LogP contribution in [0.4, 0.5) is 4.39 Å². The van der Waals surface area contributed by atoms with Crippen molar-refractivity contribution in [1.29, 1.82) is 0 Å². The van der Waals surface area contributed by atoms with Crippen LogP contribution in [0.15, 0.2) is 22.7 Å². The maximum absolute atomic E-state index is 13.6. The van der Waals surface area contributed by atoms with Crippen molar-refractivity contribution in [3.8, 4) is 5.75 Å². The van der Waals surface area contributed by atoms with Crippen LogP contribution in [0, 0.1) is 12.7 Å². The Bertz CT molecular complexity index is 625. The highest BCUT2D eigenvalue weighted by Gasteiger charge is 2.14. The lowest BCUT2D eigenvalue weighted by Crippen LogP contribution is -2.06. The molecule has 0 fully saturated rings. The molecule has 0 spiro atoms. The van der Waals surface area contributed by atoms with Crippen LogP contribution in [0.5, 0.6) is 5.75 Å². The monoisotopic (exact) mass is 326 g/mol. The standard InChI is InChI=1S/C13H12BrFN2O2/c1-8-12(14)11(17(2)16-8)7-19-13-9(6-18)4-3-5-10(13)15/h3-6H,7H2,1-2H3. The molecule has 100 valence electrons. The number of halogens is 2. The topological polar surface area (TPSA) is 44.1 Å². The molecule has 0 atom stereocenters. The van der Waals surface area contributed by atoms with Crippen molar-refractivity contribution in [2.45, 2.75) is 13.5 Å². The molecular formula is C13H12BrFN2O2. The zero-order valence-electron chi connectivity index (χ0n) is 10.5. The minimum absolute atomic E-state index is 0.0387. The number of aromatic nitrogens is 2. The fraction of sp³-hybridized carbons (Fsp3) is 0.231. The predicted molar refractivity (Wildman–Crippen MR) is 71.8 cm³/mol. The summed E-state index contributed by atoms with van der Waals surface area (Å²) in [7, 11) is 1.78. The van der Waals surface area contributed by atoms with Gasteiger partial charge in [-0.05, 0) is 35.0 Å². The Morgan fingerprint density at radius 2 is 2.26 bits per heavy atom. The van der Waals surface area contributed by atoms with E-state index >= 15 is 0 Å². The van der Waals surface area contributed by atoms with Crippen LogP contribution < -0.4 is 4.74 Å². The summed E-state index contributed by atoms with van der Waals surface area (Å²) in [4.78, 5) is 10.9. The molecule has 0 aliphatic carbocycles. The van der Waals surface area contributed by atoms with Gasteiger partial charge in [0, 0.05) is 7.05 Å². The molecule has 4 nitrogen and oxygen atoms in total. The third kappa shape index (κ3) is 2.68. The summed E-state index contributed by atoms with van der Waals surface area (Å²) in [5.74, 6) is -0.595. The molecule has 1 aromatic heterocycles. The number of aldehydes is 1. The first-order chi connectivity index (χ1) is 9.04. The number of aryl methyl sites for hydroxylation is 2. The minimum Gasteiger partial charge on any atom is -0.483 e. The zero-order valence-corrected chi connectivity index (χ0v) is 12.1. The largest absolute Gasteiger partial charge is 0.483 e. The number of ether oxygens (including phenoxy) is 1. The van der Waals surface area contributed by atoms with E-state index in [4.69, 9.17) is 4.74 Å². The Kier molecular flexibility index (Phi) is 3.99. The molecule has 1 aromatic carbocycles. The Morgan fingerprint density at radius 3 is 2.84 bits per heavy atom. The molecule has 2 rings (SSSR count). The first-order valence-corrected chi connectivity index (χ1v) is 6.38. The van der Waals surface area contributed by atoms with Crippen LogP contribution >= 0.6 is 15.9 Å². The van der Waals surface area contributed by atoms with E-state index in [1.807, 2.05) is 6.92 Å². The normalized spacial score (nSPS) is 10.5. The molecule has 19 heavy (non-hydrogen) atoms. The van der Waals surface area contributed by atoms with Crippen LogP contribution in [0.1, 0.15) is 21.7 Å². The summed E-state index contributed by atoms with van der Waals surface area (Å²) < 4.78 is 21.5. The van der Waals surface area contributed by atoms with Crippen molar-refractivity contribution in [3.05, 3.63) is 45.4 Å². The van der Waals surface area contributed by atoms with Crippen LogP contribution in [-0.2, 0) is 13.7 Å². The zero-order chi connectivity index (χ0) is 14.0. The van der Waals surface area contributed by atoms with E-state index in [2.05, 4.69) is 21.0 Å².